The molecular weight excluding hydrogens is 258 g/mol. The quantitative estimate of drug-likeness (QED) is 0.900. The lowest BCUT2D eigenvalue weighted by atomic mass is 9.99. The van der Waals surface area contributed by atoms with Gasteiger partial charge in [0.1, 0.15) is 0 Å². The second-order valence-electron chi connectivity index (χ2n) is 5.08. The third-order valence-corrected chi connectivity index (χ3v) is 3.67. The van der Waals surface area contributed by atoms with Crippen molar-refractivity contribution in [2.24, 2.45) is 0 Å². The number of nitrogens with zero attached hydrogens (tertiary/aromatic N) is 1. The van der Waals surface area contributed by atoms with E-state index in [1.807, 2.05) is 32.0 Å². The van der Waals surface area contributed by atoms with E-state index in [9.17, 15) is 9.59 Å². The molecule has 1 N–H and O–H groups in total. The minimum absolute atomic E-state index is 0.0445. The molecule has 0 bridgehead atoms. The van der Waals surface area contributed by atoms with Gasteiger partial charge in [-0.05, 0) is 30.5 Å². The van der Waals surface area contributed by atoms with Gasteiger partial charge in [0.2, 0.25) is 5.91 Å². The molecule has 1 aromatic rings. The molecule has 0 radical (unpaired) electrons. The Morgan fingerprint density at radius 2 is 2.00 bits per heavy atom. The number of morpholine rings is 1. The Hall–Kier alpha value is -1.88. The van der Waals surface area contributed by atoms with Gasteiger partial charge in [0.15, 0.2) is 6.10 Å². The lowest BCUT2D eigenvalue weighted by Crippen LogP contribution is -2.49. The summed E-state index contributed by atoms with van der Waals surface area (Å²) in [7, 11) is 0. The summed E-state index contributed by atoms with van der Waals surface area (Å²) in [6.45, 7) is 4.81. The van der Waals surface area contributed by atoms with E-state index in [0.717, 1.165) is 16.7 Å². The second kappa shape index (κ2) is 6.05. The van der Waals surface area contributed by atoms with Crippen LogP contribution in [0.4, 0.5) is 0 Å². The molecule has 0 aliphatic carbocycles. The van der Waals surface area contributed by atoms with E-state index in [2.05, 4.69) is 0 Å². The van der Waals surface area contributed by atoms with Crippen LogP contribution in [-0.4, -0.2) is 47.7 Å². The third-order valence-electron chi connectivity index (χ3n) is 3.67. The van der Waals surface area contributed by atoms with E-state index in [4.69, 9.17) is 9.84 Å². The fourth-order valence-electron chi connectivity index (χ4n) is 2.42. The summed E-state index contributed by atoms with van der Waals surface area (Å²) in [4.78, 5) is 24.8. The number of rotatable bonds is 3. The van der Waals surface area contributed by atoms with Gasteiger partial charge in [0, 0.05) is 6.54 Å². The minimum atomic E-state index is -1.02. The molecule has 1 atom stereocenters. The van der Waals surface area contributed by atoms with Crippen LogP contribution in [-0.2, 0) is 20.7 Å². The molecule has 5 nitrogen and oxygen atoms in total. The third kappa shape index (κ3) is 3.17. The summed E-state index contributed by atoms with van der Waals surface area (Å²) >= 11 is 0. The maximum Gasteiger partial charge on any atom is 0.334 e. The van der Waals surface area contributed by atoms with Gasteiger partial charge in [0.25, 0.3) is 0 Å². The number of benzene rings is 1. The van der Waals surface area contributed by atoms with Crippen molar-refractivity contribution in [3.63, 3.8) is 0 Å². The fraction of sp³-hybridized carbons (Fsp3) is 0.467. The number of ether oxygens (including phenoxy) is 1. The van der Waals surface area contributed by atoms with Crippen LogP contribution in [0.15, 0.2) is 18.2 Å². The van der Waals surface area contributed by atoms with Crippen molar-refractivity contribution in [1.82, 2.24) is 4.90 Å². The largest absolute Gasteiger partial charge is 0.479 e. The molecule has 20 heavy (non-hydrogen) atoms. The maximum absolute atomic E-state index is 12.3. The molecule has 5 heteroatoms. The van der Waals surface area contributed by atoms with Crippen molar-refractivity contribution < 1.29 is 19.4 Å². The van der Waals surface area contributed by atoms with Crippen LogP contribution >= 0.6 is 0 Å². The molecule has 1 aromatic carbocycles. The summed E-state index contributed by atoms with van der Waals surface area (Å²) in [6, 6.07) is 5.93. The van der Waals surface area contributed by atoms with Crippen LogP contribution in [0.2, 0.25) is 0 Å². The number of carbonyl (C=O) groups is 2. The van der Waals surface area contributed by atoms with Gasteiger partial charge in [-0.25, -0.2) is 4.79 Å². The molecule has 2 rings (SSSR count). The SMILES string of the molecule is Cc1cccc(C)c1CC(=O)N1CCOC(C(=O)O)C1. The molecule has 1 unspecified atom stereocenters. The predicted octanol–water partition coefficient (Wildman–Crippen LogP) is 1.16. The van der Waals surface area contributed by atoms with E-state index < -0.39 is 12.1 Å². The second-order valence-corrected chi connectivity index (χ2v) is 5.08. The van der Waals surface area contributed by atoms with Crippen molar-refractivity contribution in [2.45, 2.75) is 26.4 Å². The molecule has 0 spiro atoms. The van der Waals surface area contributed by atoms with E-state index >= 15 is 0 Å². The number of hydrogen-bond donors (Lipinski definition) is 1. The number of carboxylic acids is 1. The van der Waals surface area contributed by atoms with Crippen LogP contribution in [0.5, 0.6) is 0 Å². The Morgan fingerprint density at radius 3 is 2.60 bits per heavy atom. The van der Waals surface area contributed by atoms with Gasteiger partial charge >= 0.3 is 5.97 Å². The average molecular weight is 277 g/mol. The Bertz CT molecular complexity index is 506. The summed E-state index contributed by atoms with van der Waals surface area (Å²) in [5.41, 5.74) is 3.19. The first kappa shape index (κ1) is 14.5. The highest BCUT2D eigenvalue weighted by Crippen LogP contribution is 2.16. The first-order valence-corrected chi connectivity index (χ1v) is 6.66. The molecule has 108 valence electrons. The smallest absolute Gasteiger partial charge is 0.334 e. The van der Waals surface area contributed by atoms with Crippen LogP contribution in [0.25, 0.3) is 0 Å². The van der Waals surface area contributed by atoms with E-state index in [1.54, 1.807) is 4.90 Å². The summed E-state index contributed by atoms with van der Waals surface area (Å²) in [5, 5.41) is 8.95. The monoisotopic (exact) mass is 277 g/mol. The predicted molar refractivity (Wildman–Crippen MR) is 73.6 cm³/mol. The van der Waals surface area contributed by atoms with E-state index in [1.165, 1.54) is 0 Å². The lowest BCUT2D eigenvalue weighted by Gasteiger charge is -2.31. The Labute approximate surface area is 118 Å². The molecular formula is C15H19NO4. The van der Waals surface area contributed by atoms with E-state index in [-0.39, 0.29) is 19.1 Å². The molecule has 0 aromatic heterocycles. The van der Waals surface area contributed by atoms with Gasteiger partial charge in [0.05, 0.1) is 19.6 Å². The normalized spacial score (nSPS) is 18.9. The van der Waals surface area contributed by atoms with Crippen LogP contribution < -0.4 is 0 Å². The zero-order valence-corrected chi connectivity index (χ0v) is 11.8. The zero-order chi connectivity index (χ0) is 14.7. The standard InChI is InChI=1S/C15H19NO4/c1-10-4-3-5-11(2)12(10)8-14(17)16-6-7-20-13(9-16)15(18)19/h3-5,13H,6-9H2,1-2H3,(H,18,19). The van der Waals surface area contributed by atoms with Crippen molar-refractivity contribution in [2.75, 3.05) is 19.7 Å². The summed E-state index contributed by atoms with van der Waals surface area (Å²) in [6.07, 6.45) is -0.601. The Morgan fingerprint density at radius 1 is 1.35 bits per heavy atom. The molecule has 0 saturated carbocycles. The van der Waals surface area contributed by atoms with Crippen molar-refractivity contribution in [1.29, 1.82) is 0 Å². The lowest BCUT2D eigenvalue weighted by molar-refractivity contribution is -0.159. The molecule has 1 aliphatic rings. The molecule has 1 aliphatic heterocycles. The minimum Gasteiger partial charge on any atom is -0.479 e. The molecule has 1 amide bonds. The average Bonchev–Trinajstić information content (AvgIpc) is 2.43. The van der Waals surface area contributed by atoms with Crippen molar-refractivity contribution >= 4 is 11.9 Å². The highest BCUT2D eigenvalue weighted by molar-refractivity contribution is 5.81. The number of aliphatic carboxylic acids is 1. The first-order valence-electron chi connectivity index (χ1n) is 6.66. The number of amides is 1. The van der Waals surface area contributed by atoms with Crippen molar-refractivity contribution in [3.05, 3.63) is 34.9 Å². The van der Waals surface area contributed by atoms with Crippen LogP contribution in [0, 0.1) is 13.8 Å². The highest BCUT2D eigenvalue weighted by atomic mass is 16.5. The van der Waals surface area contributed by atoms with Gasteiger partial charge in [-0.3, -0.25) is 4.79 Å². The number of hydrogen-bond acceptors (Lipinski definition) is 3. The maximum atomic E-state index is 12.3. The van der Waals surface area contributed by atoms with Gasteiger partial charge in [-0.1, -0.05) is 18.2 Å². The van der Waals surface area contributed by atoms with Gasteiger partial charge in [-0.15, -0.1) is 0 Å². The van der Waals surface area contributed by atoms with Crippen LogP contribution in [0.1, 0.15) is 16.7 Å². The number of carboxylic acid groups (broad SMARTS) is 1. The highest BCUT2D eigenvalue weighted by Gasteiger charge is 2.29. The number of carbonyl (C=O) groups excluding carboxylic acids is 1. The van der Waals surface area contributed by atoms with E-state index in [0.29, 0.717) is 13.0 Å². The molecule has 1 saturated heterocycles. The Balaban J connectivity index is 2.06. The van der Waals surface area contributed by atoms with Gasteiger partial charge < -0.3 is 14.7 Å². The first-order chi connectivity index (χ1) is 9.49. The summed E-state index contributed by atoms with van der Waals surface area (Å²) in [5.74, 6) is -1.06. The molecule has 1 heterocycles. The van der Waals surface area contributed by atoms with Gasteiger partial charge in [-0.2, -0.15) is 0 Å². The number of aryl methyl sites for hydroxylation is 2. The summed E-state index contributed by atoms with van der Waals surface area (Å²) < 4.78 is 5.12. The fourth-order valence-corrected chi connectivity index (χ4v) is 2.42. The topological polar surface area (TPSA) is 66.8 Å². The van der Waals surface area contributed by atoms with Crippen molar-refractivity contribution in [3.8, 4) is 0 Å². The van der Waals surface area contributed by atoms with Crippen LogP contribution in [0.3, 0.4) is 0 Å². The zero-order valence-electron chi connectivity index (χ0n) is 11.8. The Kier molecular flexibility index (Phi) is 4.39. The molecule has 1 fully saturated rings.